The van der Waals surface area contributed by atoms with Gasteiger partial charge < -0.3 is 4.55 Å². The average Bonchev–Trinajstić information content (AvgIpc) is 3.15. The molecule has 1 unspecified atom stereocenters. The number of hydrogen-bond acceptors (Lipinski definition) is 2. The van der Waals surface area contributed by atoms with Gasteiger partial charge in [-0.25, -0.2) is 0 Å². The molecule has 0 saturated heterocycles. The minimum atomic E-state index is -1.94. The molecule has 0 N–H and O–H groups in total. The molecule has 2 rings (SSSR count). The fraction of sp³-hybridized carbons (Fsp3) is 0.647. The van der Waals surface area contributed by atoms with Gasteiger partial charge in [-0.15, -0.1) is 0 Å². The summed E-state index contributed by atoms with van der Waals surface area (Å²) in [5.74, 6) is 0. The number of hydrogen-bond donors (Lipinski definition) is 0. The van der Waals surface area contributed by atoms with Gasteiger partial charge in [0, 0.05) is 4.75 Å². The van der Waals surface area contributed by atoms with Crippen LogP contribution in [0.15, 0.2) is 12.1 Å². The molecule has 1 fully saturated rings. The SMILES string of the molecule is CCCCCc1cc(C)c(CC2(S(=O)[O-])CC2)c(C)c1. The highest BCUT2D eigenvalue weighted by atomic mass is 32.2. The molecule has 1 saturated carbocycles. The number of rotatable bonds is 7. The summed E-state index contributed by atoms with van der Waals surface area (Å²) in [6.45, 7) is 6.46. The topological polar surface area (TPSA) is 40.1 Å². The standard InChI is InChI=1S/C17H26O2S/c1-4-5-6-7-15-10-13(2)16(14(3)11-15)12-17(8-9-17)20(18)19/h10-11H,4-9,12H2,1-3H3,(H,18,19)/p-1. The first kappa shape index (κ1) is 15.7. The maximum atomic E-state index is 11.4. The fourth-order valence-corrected chi connectivity index (χ4v) is 3.65. The molecule has 1 aromatic carbocycles. The van der Waals surface area contributed by atoms with E-state index in [0.29, 0.717) is 6.42 Å². The van der Waals surface area contributed by atoms with Gasteiger partial charge >= 0.3 is 0 Å². The lowest BCUT2D eigenvalue weighted by Gasteiger charge is -2.21. The monoisotopic (exact) mass is 293 g/mol. The van der Waals surface area contributed by atoms with Crippen molar-refractivity contribution in [3.05, 3.63) is 34.4 Å². The Hall–Kier alpha value is -0.670. The van der Waals surface area contributed by atoms with Crippen LogP contribution in [0.25, 0.3) is 0 Å². The van der Waals surface area contributed by atoms with Crippen molar-refractivity contribution in [2.45, 2.75) is 70.5 Å². The van der Waals surface area contributed by atoms with Crippen LogP contribution >= 0.6 is 0 Å². The van der Waals surface area contributed by atoms with E-state index < -0.39 is 15.8 Å². The molecule has 0 aromatic heterocycles. The summed E-state index contributed by atoms with van der Waals surface area (Å²) in [4.78, 5) is 0. The molecule has 3 heteroatoms. The Labute approximate surface area is 125 Å². The molecular weight excluding hydrogens is 268 g/mol. The fourth-order valence-electron chi connectivity index (χ4n) is 2.95. The van der Waals surface area contributed by atoms with Gasteiger partial charge in [-0.3, -0.25) is 4.21 Å². The quantitative estimate of drug-likeness (QED) is 0.563. The van der Waals surface area contributed by atoms with Crippen molar-refractivity contribution in [1.29, 1.82) is 0 Å². The molecule has 0 spiro atoms. The number of unbranched alkanes of at least 4 members (excludes halogenated alkanes) is 2. The van der Waals surface area contributed by atoms with E-state index in [4.69, 9.17) is 0 Å². The third-order valence-electron chi connectivity index (χ3n) is 4.49. The van der Waals surface area contributed by atoms with Crippen molar-refractivity contribution in [3.8, 4) is 0 Å². The Morgan fingerprint density at radius 3 is 2.25 bits per heavy atom. The second-order valence-electron chi connectivity index (χ2n) is 6.26. The maximum absolute atomic E-state index is 11.4. The molecule has 0 aliphatic heterocycles. The predicted octanol–water partition coefficient (Wildman–Crippen LogP) is 3.99. The zero-order valence-corrected chi connectivity index (χ0v) is 13.6. The van der Waals surface area contributed by atoms with Crippen LogP contribution in [0, 0.1) is 13.8 Å². The second kappa shape index (κ2) is 6.40. The summed E-state index contributed by atoms with van der Waals surface area (Å²) in [5.41, 5.74) is 5.15. The normalized spacial score (nSPS) is 18.0. The largest absolute Gasteiger partial charge is 0.772 e. The van der Waals surface area contributed by atoms with E-state index in [1.807, 2.05) is 0 Å². The van der Waals surface area contributed by atoms with Gasteiger partial charge in [0.15, 0.2) is 0 Å². The van der Waals surface area contributed by atoms with Crippen LogP contribution in [0.4, 0.5) is 0 Å². The van der Waals surface area contributed by atoms with Crippen molar-refractivity contribution in [1.82, 2.24) is 0 Å². The van der Waals surface area contributed by atoms with Crippen LogP contribution in [-0.2, 0) is 23.9 Å². The van der Waals surface area contributed by atoms with E-state index in [-0.39, 0.29) is 0 Å². The van der Waals surface area contributed by atoms with Crippen molar-refractivity contribution in [3.63, 3.8) is 0 Å². The highest BCUT2D eigenvalue weighted by molar-refractivity contribution is 7.81. The highest BCUT2D eigenvalue weighted by Crippen LogP contribution is 2.44. The Morgan fingerprint density at radius 1 is 1.20 bits per heavy atom. The summed E-state index contributed by atoms with van der Waals surface area (Å²) in [6, 6.07) is 4.50. The van der Waals surface area contributed by atoms with E-state index in [2.05, 4.69) is 32.9 Å². The van der Waals surface area contributed by atoms with E-state index >= 15 is 0 Å². The maximum Gasteiger partial charge on any atom is 0.0369 e. The van der Waals surface area contributed by atoms with Crippen molar-refractivity contribution < 1.29 is 8.76 Å². The second-order valence-corrected chi connectivity index (χ2v) is 7.60. The van der Waals surface area contributed by atoms with Gasteiger partial charge in [-0.2, -0.15) is 0 Å². The molecule has 20 heavy (non-hydrogen) atoms. The van der Waals surface area contributed by atoms with Gasteiger partial charge in [0.05, 0.1) is 0 Å². The van der Waals surface area contributed by atoms with Crippen LogP contribution in [0.3, 0.4) is 0 Å². The van der Waals surface area contributed by atoms with Gasteiger partial charge in [-0.05, 0) is 79.3 Å². The van der Waals surface area contributed by atoms with Crippen LogP contribution in [0.2, 0.25) is 0 Å². The first-order valence-electron chi connectivity index (χ1n) is 7.67. The van der Waals surface area contributed by atoms with Gasteiger partial charge in [0.2, 0.25) is 0 Å². The van der Waals surface area contributed by atoms with Crippen LogP contribution in [0.5, 0.6) is 0 Å². The van der Waals surface area contributed by atoms with E-state index in [1.54, 1.807) is 0 Å². The number of aryl methyl sites for hydroxylation is 3. The molecule has 1 atom stereocenters. The lowest BCUT2D eigenvalue weighted by atomic mass is 9.93. The number of benzene rings is 1. The lowest BCUT2D eigenvalue weighted by molar-refractivity contribution is 0.517. The summed E-state index contributed by atoms with van der Waals surface area (Å²) >= 11 is -1.94. The van der Waals surface area contributed by atoms with Gasteiger partial charge in [0.1, 0.15) is 0 Å². The Kier molecular flexibility index (Phi) is 5.03. The Balaban J connectivity index is 2.13. The molecule has 0 bridgehead atoms. The third kappa shape index (κ3) is 3.50. The molecule has 0 radical (unpaired) electrons. The van der Waals surface area contributed by atoms with E-state index in [1.165, 1.54) is 41.5 Å². The Morgan fingerprint density at radius 2 is 1.80 bits per heavy atom. The van der Waals surface area contributed by atoms with Crippen LogP contribution < -0.4 is 0 Å². The van der Waals surface area contributed by atoms with E-state index in [0.717, 1.165) is 19.3 Å². The van der Waals surface area contributed by atoms with Crippen LogP contribution in [-0.4, -0.2) is 13.5 Å². The molecule has 112 valence electrons. The molecule has 0 heterocycles. The molecule has 2 nitrogen and oxygen atoms in total. The molecule has 0 amide bonds. The summed E-state index contributed by atoms with van der Waals surface area (Å²) in [7, 11) is 0. The smallest absolute Gasteiger partial charge is 0.0369 e. The van der Waals surface area contributed by atoms with Gasteiger partial charge in [-0.1, -0.05) is 31.9 Å². The molecule has 1 aliphatic carbocycles. The van der Waals surface area contributed by atoms with Crippen molar-refractivity contribution in [2.24, 2.45) is 0 Å². The molecular formula is C17H25O2S-. The summed E-state index contributed by atoms with van der Waals surface area (Å²) in [5, 5.41) is 0. The third-order valence-corrected chi connectivity index (χ3v) is 5.74. The summed E-state index contributed by atoms with van der Waals surface area (Å²) < 4.78 is 22.2. The highest BCUT2D eigenvalue weighted by Gasteiger charge is 2.44. The zero-order valence-electron chi connectivity index (χ0n) is 12.8. The first-order chi connectivity index (χ1) is 9.48. The minimum absolute atomic E-state index is 0.459. The predicted molar refractivity (Wildman–Crippen MR) is 83.7 cm³/mol. The lowest BCUT2D eigenvalue weighted by Crippen LogP contribution is -2.20. The Bertz CT molecular complexity index is 481. The van der Waals surface area contributed by atoms with Crippen molar-refractivity contribution in [2.75, 3.05) is 0 Å². The zero-order chi connectivity index (χ0) is 14.8. The average molecular weight is 293 g/mol. The van der Waals surface area contributed by atoms with E-state index in [9.17, 15) is 8.76 Å². The van der Waals surface area contributed by atoms with Crippen LogP contribution in [0.1, 0.15) is 61.3 Å². The molecule has 1 aromatic rings. The minimum Gasteiger partial charge on any atom is -0.772 e. The summed E-state index contributed by atoms with van der Waals surface area (Å²) in [6.07, 6.45) is 7.22. The molecule has 1 aliphatic rings. The van der Waals surface area contributed by atoms with Gasteiger partial charge in [0.25, 0.3) is 0 Å². The van der Waals surface area contributed by atoms with Crippen molar-refractivity contribution >= 4 is 11.1 Å². The first-order valence-corrected chi connectivity index (χ1v) is 8.74.